The normalized spacial score (nSPS) is 24.0. The molecule has 2 heterocycles. The van der Waals surface area contributed by atoms with E-state index < -0.39 is 6.10 Å². The van der Waals surface area contributed by atoms with E-state index in [0.717, 1.165) is 32.4 Å². The summed E-state index contributed by atoms with van der Waals surface area (Å²) in [7, 11) is 0. The smallest absolute Gasteiger partial charge is 0.255 e. The molecule has 2 aliphatic heterocycles. The molecule has 2 saturated heterocycles. The molecular weight excluding hydrogens is 306 g/mol. The number of carbonyl (C=O) groups excluding carboxylic acids is 2. The zero-order valence-corrected chi connectivity index (χ0v) is 13.9. The minimum Gasteiger partial charge on any atom is -0.364 e. The molecule has 3 N–H and O–H groups in total. The van der Waals surface area contributed by atoms with Crippen LogP contribution in [-0.2, 0) is 9.53 Å². The fraction of sp³-hybridized carbons (Fsp3) is 0.556. The number of carbonyl (C=O) groups is 2. The second-order valence-electron chi connectivity index (χ2n) is 6.45. The van der Waals surface area contributed by atoms with Crippen LogP contribution in [0, 0.1) is 0 Å². The first-order chi connectivity index (χ1) is 11.7. The van der Waals surface area contributed by atoms with Crippen molar-refractivity contribution >= 4 is 17.5 Å². The van der Waals surface area contributed by atoms with Crippen molar-refractivity contribution in [3.63, 3.8) is 0 Å². The van der Waals surface area contributed by atoms with Crippen molar-refractivity contribution in [2.24, 2.45) is 5.73 Å². The van der Waals surface area contributed by atoms with Gasteiger partial charge in [0.2, 0.25) is 0 Å². The Morgan fingerprint density at radius 3 is 2.62 bits per heavy atom. The van der Waals surface area contributed by atoms with Gasteiger partial charge >= 0.3 is 0 Å². The summed E-state index contributed by atoms with van der Waals surface area (Å²) in [4.78, 5) is 27.0. The van der Waals surface area contributed by atoms with E-state index in [4.69, 9.17) is 10.5 Å². The second kappa shape index (κ2) is 7.77. The van der Waals surface area contributed by atoms with E-state index in [1.165, 1.54) is 6.42 Å². The maximum atomic E-state index is 12.7. The van der Waals surface area contributed by atoms with Crippen molar-refractivity contribution in [1.29, 1.82) is 0 Å². The van der Waals surface area contributed by atoms with Gasteiger partial charge in [0, 0.05) is 19.6 Å². The van der Waals surface area contributed by atoms with E-state index in [9.17, 15) is 9.59 Å². The molecule has 24 heavy (non-hydrogen) atoms. The van der Waals surface area contributed by atoms with Gasteiger partial charge in [-0.05, 0) is 44.2 Å². The number of ether oxygens (including phenoxy) is 1. The molecule has 2 amide bonds. The molecule has 1 aromatic rings. The van der Waals surface area contributed by atoms with Gasteiger partial charge in [0.1, 0.15) is 6.10 Å². The van der Waals surface area contributed by atoms with Crippen molar-refractivity contribution < 1.29 is 14.3 Å². The summed E-state index contributed by atoms with van der Waals surface area (Å²) in [5.74, 6) is -0.220. The predicted molar refractivity (Wildman–Crippen MR) is 91.8 cm³/mol. The highest BCUT2D eigenvalue weighted by atomic mass is 16.5. The molecule has 0 aromatic heterocycles. The summed E-state index contributed by atoms with van der Waals surface area (Å²) < 4.78 is 5.63. The molecule has 0 spiro atoms. The lowest BCUT2D eigenvalue weighted by Crippen LogP contribution is -2.36. The van der Waals surface area contributed by atoms with Gasteiger partial charge in [-0.1, -0.05) is 12.1 Å². The van der Waals surface area contributed by atoms with Crippen molar-refractivity contribution in [2.45, 2.75) is 44.3 Å². The summed E-state index contributed by atoms with van der Waals surface area (Å²) in [5, 5.41) is 2.86. The molecule has 2 atom stereocenters. The van der Waals surface area contributed by atoms with Crippen LogP contribution in [0.2, 0.25) is 0 Å². The lowest BCUT2D eigenvalue weighted by Gasteiger charge is -2.27. The third-order valence-electron chi connectivity index (χ3n) is 4.72. The minimum absolute atomic E-state index is 0.0159. The van der Waals surface area contributed by atoms with Crippen molar-refractivity contribution in [3.05, 3.63) is 29.8 Å². The van der Waals surface area contributed by atoms with Crippen LogP contribution in [0.3, 0.4) is 0 Å². The highest BCUT2D eigenvalue weighted by molar-refractivity contribution is 6.04. The van der Waals surface area contributed by atoms with Gasteiger partial charge in [-0.25, -0.2) is 0 Å². The Balaban J connectivity index is 1.70. The number of nitrogens with zero attached hydrogens (tertiary/aromatic N) is 1. The standard InChI is InChI=1S/C18H25N3O3/c19-12-13-8-9-16(24-13)17(22)20-15-7-3-2-6-14(15)18(23)21-10-4-1-5-11-21/h2-3,6-7,13,16H,1,4-5,8-12,19H2,(H,20,22)/t13-,16+/m1/s1. The number of piperidine rings is 1. The highest BCUT2D eigenvalue weighted by Gasteiger charge is 2.30. The Morgan fingerprint density at radius 1 is 1.17 bits per heavy atom. The molecule has 0 aliphatic carbocycles. The van der Waals surface area contributed by atoms with Crippen LogP contribution in [0.25, 0.3) is 0 Å². The number of amides is 2. The average molecular weight is 331 g/mol. The molecule has 6 nitrogen and oxygen atoms in total. The summed E-state index contributed by atoms with van der Waals surface area (Å²) in [6.45, 7) is 1.99. The predicted octanol–water partition coefficient (Wildman–Crippen LogP) is 1.76. The molecule has 130 valence electrons. The number of anilines is 1. The molecule has 3 rings (SSSR count). The van der Waals surface area contributed by atoms with Crippen LogP contribution < -0.4 is 11.1 Å². The second-order valence-corrected chi connectivity index (χ2v) is 6.45. The van der Waals surface area contributed by atoms with Crippen LogP contribution >= 0.6 is 0 Å². The SMILES string of the molecule is NC[C@H]1CC[C@@H](C(=O)Nc2ccccc2C(=O)N2CCCCC2)O1. The number of likely N-dealkylation sites (tertiary alicyclic amines) is 1. The Labute approximate surface area is 142 Å². The third kappa shape index (κ3) is 3.76. The first-order valence-electron chi connectivity index (χ1n) is 8.73. The zero-order valence-electron chi connectivity index (χ0n) is 13.9. The minimum atomic E-state index is -0.489. The van der Waals surface area contributed by atoms with Crippen molar-refractivity contribution in [2.75, 3.05) is 25.0 Å². The van der Waals surface area contributed by atoms with E-state index in [2.05, 4.69) is 5.32 Å². The molecule has 0 saturated carbocycles. The third-order valence-corrected chi connectivity index (χ3v) is 4.72. The quantitative estimate of drug-likeness (QED) is 0.880. The highest BCUT2D eigenvalue weighted by Crippen LogP contribution is 2.23. The van der Waals surface area contributed by atoms with Gasteiger partial charge in [0.25, 0.3) is 11.8 Å². The topological polar surface area (TPSA) is 84.7 Å². The van der Waals surface area contributed by atoms with Crippen molar-refractivity contribution in [1.82, 2.24) is 4.90 Å². The van der Waals surface area contributed by atoms with E-state index in [-0.39, 0.29) is 17.9 Å². The summed E-state index contributed by atoms with van der Waals surface area (Å²) in [6.07, 6.45) is 4.16. The van der Waals surface area contributed by atoms with Crippen LogP contribution in [0.5, 0.6) is 0 Å². The van der Waals surface area contributed by atoms with Gasteiger partial charge in [0.05, 0.1) is 17.4 Å². The zero-order chi connectivity index (χ0) is 16.9. The number of nitrogens with one attached hydrogen (secondary N) is 1. The van der Waals surface area contributed by atoms with E-state index in [1.54, 1.807) is 12.1 Å². The maximum Gasteiger partial charge on any atom is 0.255 e. The fourth-order valence-corrected chi connectivity index (χ4v) is 3.33. The van der Waals surface area contributed by atoms with Gasteiger partial charge in [-0.15, -0.1) is 0 Å². The monoisotopic (exact) mass is 331 g/mol. The number of nitrogens with two attached hydrogens (primary N) is 1. The molecule has 0 radical (unpaired) electrons. The Kier molecular flexibility index (Phi) is 5.48. The first-order valence-corrected chi connectivity index (χ1v) is 8.73. The molecular formula is C18H25N3O3. The number of benzene rings is 1. The Hall–Kier alpha value is -1.92. The summed E-state index contributed by atoms with van der Waals surface area (Å²) in [6, 6.07) is 7.18. The van der Waals surface area contributed by atoms with Crippen LogP contribution in [0.1, 0.15) is 42.5 Å². The van der Waals surface area contributed by atoms with Crippen molar-refractivity contribution in [3.8, 4) is 0 Å². The van der Waals surface area contributed by atoms with E-state index >= 15 is 0 Å². The largest absolute Gasteiger partial charge is 0.364 e. The first kappa shape index (κ1) is 16.9. The van der Waals surface area contributed by atoms with Crippen LogP contribution in [0.4, 0.5) is 5.69 Å². The molecule has 1 aromatic carbocycles. The fourth-order valence-electron chi connectivity index (χ4n) is 3.33. The molecule has 0 unspecified atom stereocenters. The van der Waals surface area contributed by atoms with E-state index in [1.807, 2.05) is 17.0 Å². The van der Waals surface area contributed by atoms with Crippen LogP contribution in [0.15, 0.2) is 24.3 Å². The van der Waals surface area contributed by atoms with Gasteiger partial charge in [0.15, 0.2) is 0 Å². The number of hydrogen-bond donors (Lipinski definition) is 2. The average Bonchev–Trinajstić information content (AvgIpc) is 3.12. The van der Waals surface area contributed by atoms with E-state index in [0.29, 0.717) is 24.2 Å². The van der Waals surface area contributed by atoms with Gasteiger partial charge in [-0.2, -0.15) is 0 Å². The lowest BCUT2D eigenvalue weighted by atomic mass is 10.1. The van der Waals surface area contributed by atoms with Gasteiger partial charge < -0.3 is 20.7 Å². The lowest BCUT2D eigenvalue weighted by molar-refractivity contribution is -0.126. The number of hydrogen-bond acceptors (Lipinski definition) is 4. The Bertz CT molecular complexity index is 599. The molecule has 2 aliphatic rings. The number of rotatable bonds is 4. The molecule has 2 fully saturated rings. The summed E-state index contributed by atoms with van der Waals surface area (Å²) in [5.41, 5.74) is 6.68. The van der Waals surface area contributed by atoms with Gasteiger partial charge in [-0.3, -0.25) is 9.59 Å². The Morgan fingerprint density at radius 2 is 1.92 bits per heavy atom. The number of para-hydroxylation sites is 1. The maximum absolute atomic E-state index is 12.7. The van der Waals surface area contributed by atoms with Crippen LogP contribution in [-0.4, -0.2) is 48.6 Å². The molecule has 0 bridgehead atoms. The summed E-state index contributed by atoms with van der Waals surface area (Å²) >= 11 is 0. The molecule has 6 heteroatoms.